The van der Waals surface area contributed by atoms with Crippen LogP contribution in [0.25, 0.3) is 0 Å². The van der Waals surface area contributed by atoms with Crippen molar-refractivity contribution < 1.29 is 19.4 Å². The summed E-state index contributed by atoms with van der Waals surface area (Å²) in [7, 11) is 0. The molecule has 0 saturated carbocycles. The highest BCUT2D eigenvalue weighted by molar-refractivity contribution is 8.00. The molecule has 0 aromatic heterocycles. The fraction of sp³-hybridized carbons (Fsp3) is 0.467. The van der Waals surface area contributed by atoms with Crippen LogP contribution >= 0.6 is 11.8 Å². The summed E-state index contributed by atoms with van der Waals surface area (Å²) < 4.78 is 5.55. The molecule has 1 aromatic rings. The molecule has 0 spiro atoms. The minimum Gasteiger partial charge on any atom is -0.483 e. The van der Waals surface area contributed by atoms with Gasteiger partial charge in [0.1, 0.15) is 11.8 Å². The Morgan fingerprint density at radius 2 is 2.14 bits per heavy atom. The fourth-order valence-electron chi connectivity index (χ4n) is 2.39. The second-order valence-corrected chi connectivity index (χ2v) is 6.49. The van der Waals surface area contributed by atoms with Gasteiger partial charge in [0.2, 0.25) is 0 Å². The summed E-state index contributed by atoms with van der Waals surface area (Å²) in [4.78, 5) is 24.8. The molecule has 1 aromatic carbocycles. The van der Waals surface area contributed by atoms with Gasteiger partial charge in [-0.05, 0) is 32.4 Å². The first-order valence-electron chi connectivity index (χ1n) is 6.75. The third-order valence-electron chi connectivity index (χ3n) is 3.48. The molecule has 2 unspecified atom stereocenters. The van der Waals surface area contributed by atoms with Crippen molar-refractivity contribution >= 4 is 23.6 Å². The number of carboxylic acids is 1. The molecule has 1 saturated heterocycles. The number of carbonyl (C=O) groups excluding carboxylic acids is 1. The van der Waals surface area contributed by atoms with Crippen molar-refractivity contribution in [1.82, 2.24) is 4.90 Å². The second kappa shape index (κ2) is 6.39. The Bertz CT molecular complexity index is 561. The van der Waals surface area contributed by atoms with Crippen molar-refractivity contribution in [2.75, 3.05) is 12.4 Å². The van der Waals surface area contributed by atoms with E-state index in [0.29, 0.717) is 11.5 Å². The number of hydrogen-bond acceptors (Lipinski definition) is 4. The van der Waals surface area contributed by atoms with Crippen LogP contribution < -0.4 is 4.74 Å². The molecule has 1 aliphatic heterocycles. The first kappa shape index (κ1) is 15.7. The molecular weight excluding hydrogens is 290 g/mol. The van der Waals surface area contributed by atoms with Gasteiger partial charge < -0.3 is 14.7 Å². The van der Waals surface area contributed by atoms with Crippen LogP contribution in [0.3, 0.4) is 0 Å². The Balaban J connectivity index is 2.02. The summed E-state index contributed by atoms with van der Waals surface area (Å²) in [5, 5.41) is 9.02. The summed E-state index contributed by atoms with van der Waals surface area (Å²) >= 11 is 1.47. The number of amides is 1. The lowest BCUT2D eigenvalue weighted by Gasteiger charge is -2.25. The van der Waals surface area contributed by atoms with Crippen molar-refractivity contribution in [2.24, 2.45) is 0 Å². The lowest BCUT2D eigenvalue weighted by Crippen LogP contribution is -2.46. The average Bonchev–Trinajstić information content (AvgIpc) is 2.79. The van der Waals surface area contributed by atoms with Gasteiger partial charge in [0.05, 0.1) is 5.37 Å². The Morgan fingerprint density at radius 3 is 2.76 bits per heavy atom. The Morgan fingerprint density at radius 1 is 1.43 bits per heavy atom. The van der Waals surface area contributed by atoms with Crippen LogP contribution in [0.1, 0.15) is 18.1 Å². The first-order valence-corrected chi connectivity index (χ1v) is 7.80. The molecule has 2 rings (SSSR count). The molecule has 1 amide bonds. The number of benzene rings is 1. The predicted molar refractivity (Wildman–Crippen MR) is 81.6 cm³/mol. The van der Waals surface area contributed by atoms with Gasteiger partial charge in [-0.1, -0.05) is 17.7 Å². The van der Waals surface area contributed by atoms with Gasteiger partial charge in [-0.15, -0.1) is 11.8 Å². The monoisotopic (exact) mass is 309 g/mol. The highest BCUT2D eigenvalue weighted by Gasteiger charge is 2.39. The second-order valence-electron chi connectivity index (χ2n) is 5.15. The molecule has 1 fully saturated rings. The van der Waals surface area contributed by atoms with Gasteiger partial charge >= 0.3 is 5.97 Å². The number of carboxylic acid groups (broad SMARTS) is 1. The summed E-state index contributed by atoms with van der Waals surface area (Å²) in [6.45, 7) is 5.60. The molecule has 2 atom stereocenters. The number of aryl methyl sites for hydroxylation is 2. The van der Waals surface area contributed by atoms with E-state index in [-0.39, 0.29) is 17.9 Å². The van der Waals surface area contributed by atoms with Gasteiger partial charge in [-0.2, -0.15) is 0 Å². The molecule has 5 nitrogen and oxygen atoms in total. The van der Waals surface area contributed by atoms with E-state index in [4.69, 9.17) is 9.84 Å². The molecular formula is C15H19NO4S. The third-order valence-corrected chi connectivity index (χ3v) is 4.70. The average molecular weight is 309 g/mol. The van der Waals surface area contributed by atoms with Crippen LogP contribution in [-0.4, -0.2) is 45.7 Å². The van der Waals surface area contributed by atoms with Gasteiger partial charge in [0.15, 0.2) is 6.61 Å². The quantitative estimate of drug-likeness (QED) is 0.922. The zero-order valence-electron chi connectivity index (χ0n) is 12.3. The number of aliphatic carboxylic acids is 1. The maximum Gasteiger partial charge on any atom is 0.327 e. The van der Waals surface area contributed by atoms with E-state index in [1.165, 1.54) is 16.7 Å². The predicted octanol–water partition coefficient (Wildman–Crippen LogP) is 2.06. The first-order chi connectivity index (χ1) is 9.90. The van der Waals surface area contributed by atoms with Gasteiger partial charge in [-0.3, -0.25) is 4.79 Å². The zero-order chi connectivity index (χ0) is 15.6. The summed E-state index contributed by atoms with van der Waals surface area (Å²) in [6.07, 6.45) is 0. The number of carbonyl (C=O) groups is 2. The molecule has 0 radical (unpaired) electrons. The Kier molecular flexibility index (Phi) is 4.77. The SMILES string of the molecule is Cc1ccc(OCC(=O)N2C(C)SCC2C(=O)O)c(C)c1. The van der Waals surface area contributed by atoms with E-state index >= 15 is 0 Å². The van der Waals surface area contributed by atoms with Crippen molar-refractivity contribution in [3.8, 4) is 5.75 Å². The largest absolute Gasteiger partial charge is 0.483 e. The highest BCUT2D eigenvalue weighted by Crippen LogP contribution is 2.29. The van der Waals surface area contributed by atoms with E-state index in [1.807, 2.05) is 39.0 Å². The fourth-order valence-corrected chi connectivity index (χ4v) is 3.58. The van der Waals surface area contributed by atoms with Crippen molar-refractivity contribution in [3.05, 3.63) is 29.3 Å². The van der Waals surface area contributed by atoms with Crippen LogP contribution in [0.2, 0.25) is 0 Å². The number of rotatable bonds is 4. The lowest BCUT2D eigenvalue weighted by molar-refractivity contribution is -0.149. The van der Waals surface area contributed by atoms with E-state index in [1.54, 1.807) is 0 Å². The minimum absolute atomic E-state index is 0.138. The van der Waals surface area contributed by atoms with Crippen LogP contribution in [0.5, 0.6) is 5.75 Å². The molecule has 6 heteroatoms. The number of ether oxygens (including phenoxy) is 1. The summed E-state index contributed by atoms with van der Waals surface area (Å²) in [5.74, 6) is -0.182. The van der Waals surface area contributed by atoms with Crippen molar-refractivity contribution in [3.63, 3.8) is 0 Å². The van der Waals surface area contributed by atoms with Crippen LogP contribution in [-0.2, 0) is 9.59 Å². The summed E-state index contributed by atoms with van der Waals surface area (Å²) in [6, 6.07) is 4.96. The molecule has 1 heterocycles. The van der Waals surface area contributed by atoms with E-state index < -0.39 is 12.0 Å². The normalized spacial score (nSPS) is 21.4. The Labute approximate surface area is 128 Å². The number of nitrogens with zero attached hydrogens (tertiary/aromatic N) is 1. The van der Waals surface area contributed by atoms with Gasteiger partial charge in [0, 0.05) is 5.75 Å². The molecule has 0 aliphatic carbocycles. The third kappa shape index (κ3) is 3.50. The number of thioether (sulfide) groups is 1. The Hall–Kier alpha value is -1.69. The standard InChI is InChI=1S/C15H19NO4S/c1-9-4-5-13(10(2)6-9)20-7-14(17)16-11(3)21-8-12(16)15(18)19/h4-6,11-12H,7-8H2,1-3H3,(H,18,19). The van der Waals surface area contributed by atoms with E-state index in [9.17, 15) is 9.59 Å². The molecule has 1 aliphatic rings. The van der Waals surface area contributed by atoms with Crippen LogP contribution in [0.15, 0.2) is 18.2 Å². The van der Waals surface area contributed by atoms with E-state index in [2.05, 4.69) is 0 Å². The lowest BCUT2D eigenvalue weighted by atomic mass is 10.1. The summed E-state index contributed by atoms with van der Waals surface area (Å²) in [5.41, 5.74) is 2.09. The smallest absolute Gasteiger partial charge is 0.327 e. The van der Waals surface area contributed by atoms with Crippen molar-refractivity contribution in [1.29, 1.82) is 0 Å². The van der Waals surface area contributed by atoms with Crippen LogP contribution in [0.4, 0.5) is 0 Å². The zero-order valence-corrected chi connectivity index (χ0v) is 13.1. The molecule has 0 bridgehead atoms. The van der Waals surface area contributed by atoms with Gasteiger partial charge in [-0.25, -0.2) is 4.79 Å². The topological polar surface area (TPSA) is 66.8 Å². The molecule has 21 heavy (non-hydrogen) atoms. The van der Waals surface area contributed by atoms with Crippen molar-refractivity contribution in [2.45, 2.75) is 32.2 Å². The molecule has 114 valence electrons. The maximum absolute atomic E-state index is 12.2. The van der Waals surface area contributed by atoms with Crippen LogP contribution in [0, 0.1) is 13.8 Å². The minimum atomic E-state index is -0.966. The highest BCUT2D eigenvalue weighted by atomic mass is 32.2. The maximum atomic E-state index is 12.2. The molecule has 1 N–H and O–H groups in total. The number of hydrogen-bond donors (Lipinski definition) is 1. The van der Waals surface area contributed by atoms with E-state index in [0.717, 1.165) is 11.1 Å². The van der Waals surface area contributed by atoms with Gasteiger partial charge in [0.25, 0.3) is 5.91 Å².